The molecule has 0 amide bonds. The summed E-state index contributed by atoms with van der Waals surface area (Å²) in [6.45, 7) is 1.71. The van der Waals surface area contributed by atoms with E-state index in [1.165, 1.54) is 6.07 Å². The van der Waals surface area contributed by atoms with Crippen molar-refractivity contribution in [3.05, 3.63) is 38.5 Å². The van der Waals surface area contributed by atoms with Crippen molar-refractivity contribution in [2.75, 3.05) is 0 Å². The molecule has 7 nitrogen and oxygen atoms in total. The quantitative estimate of drug-likeness (QED) is 0.588. The fourth-order valence-electron chi connectivity index (χ4n) is 2.18. The molecule has 1 atom stereocenters. The van der Waals surface area contributed by atoms with Gasteiger partial charge in [-0.15, -0.1) is 0 Å². The van der Waals surface area contributed by atoms with Gasteiger partial charge in [-0.3, -0.25) is 14.9 Å². The van der Waals surface area contributed by atoms with Crippen molar-refractivity contribution in [3.8, 4) is 0 Å². The number of H-pyrrole nitrogens is 1. The highest BCUT2D eigenvalue weighted by Crippen LogP contribution is 2.36. The second kappa shape index (κ2) is 5.10. The summed E-state index contributed by atoms with van der Waals surface area (Å²) in [4.78, 5) is 24.4. The predicted octanol–water partition coefficient (Wildman–Crippen LogP) is 1.99. The van der Waals surface area contributed by atoms with Crippen LogP contribution in [0, 0.1) is 17.0 Å². The van der Waals surface area contributed by atoms with Crippen molar-refractivity contribution < 1.29 is 14.8 Å². The Balaban J connectivity index is 2.70. The number of nitrogens with two attached hydrogens (primary N) is 1. The first kappa shape index (κ1) is 14.3. The van der Waals surface area contributed by atoms with Gasteiger partial charge in [-0.25, -0.2) is 0 Å². The van der Waals surface area contributed by atoms with Crippen LogP contribution in [-0.4, -0.2) is 27.0 Å². The summed E-state index contributed by atoms with van der Waals surface area (Å²) in [7, 11) is 0. The van der Waals surface area contributed by atoms with Crippen LogP contribution in [0.1, 0.15) is 11.3 Å². The lowest BCUT2D eigenvalue weighted by atomic mass is 10.0. The van der Waals surface area contributed by atoms with Gasteiger partial charge in [0.2, 0.25) is 0 Å². The normalized spacial score (nSPS) is 12.6. The molecule has 0 aliphatic heterocycles. The minimum atomic E-state index is -1.16. The smallest absolute Gasteiger partial charge is 0.320 e. The van der Waals surface area contributed by atoms with Gasteiger partial charge in [0, 0.05) is 12.1 Å². The highest BCUT2D eigenvalue weighted by atomic mass is 35.5. The Bertz CT molecular complexity index is 710. The zero-order valence-electron chi connectivity index (χ0n) is 10.5. The number of fused-ring (bicyclic) bond motifs is 1. The Labute approximate surface area is 118 Å². The number of aromatic nitrogens is 1. The van der Waals surface area contributed by atoms with Crippen LogP contribution in [0.15, 0.2) is 12.1 Å². The summed E-state index contributed by atoms with van der Waals surface area (Å²) in [5, 5.41) is 20.4. The van der Waals surface area contributed by atoms with Gasteiger partial charge in [-0.1, -0.05) is 11.6 Å². The van der Waals surface area contributed by atoms with E-state index in [9.17, 15) is 14.9 Å². The number of benzene rings is 1. The molecule has 2 rings (SSSR count). The van der Waals surface area contributed by atoms with E-state index in [2.05, 4.69) is 4.98 Å². The number of nitro groups is 1. The van der Waals surface area contributed by atoms with Gasteiger partial charge in [-0.05, 0) is 24.6 Å². The Hall–Kier alpha value is -2.12. The molecule has 20 heavy (non-hydrogen) atoms. The van der Waals surface area contributed by atoms with Gasteiger partial charge in [0.1, 0.15) is 11.1 Å². The summed E-state index contributed by atoms with van der Waals surface area (Å²) in [5.41, 5.74) is 6.96. The van der Waals surface area contributed by atoms with Gasteiger partial charge in [0.15, 0.2) is 0 Å². The van der Waals surface area contributed by atoms with E-state index in [1.807, 2.05) is 0 Å². The molecule has 0 fully saturated rings. The Morgan fingerprint density at radius 2 is 2.25 bits per heavy atom. The number of nitrogens with one attached hydrogen (secondary N) is 1. The zero-order valence-corrected chi connectivity index (χ0v) is 11.3. The number of rotatable bonds is 4. The van der Waals surface area contributed by atoms with Gasteiger partial charge < -0.3 is 15.8 Å². The maximum atomic E-state index is 11.2. The van der Waals surface area contributed by atoms with Crippen molar-refractivity contribution in [2.45, 2.75) is 19.4 Å². The lowest BCUT2D eigenvalue weighted by molar-refractivity contribution is -0.382. The lowest BCUT2D eigenvalue weighted by Gasteiger charge is -2.07. The molecule has 8 heteroatoms. The van der Waals surface area contributed by atoms with E-state index in [4.69, 9.17) is 22.4 Å². The van der Waals surface area contributed by atoms with E-state index in [-0.39, 0.29) is 17.1 Å². The molecule has 0 saturated carbocycles. The van der Waals surface area contributed by atoms with Crippen LogP contribution in [0.3, 0.4) is 0 Å². The molecule has 0 radical (unpaired) electrons. The molecular formula is C12H12ClN3O4. The first-order valence-electron chi connectivity index (χ1n) is 5.75. The summed E-state index contributed by atoms with van der Waals surface area (Å²) < 4.78 is 0. The number of carbonyl (C=O) groups is 1. The van der Waals surface area contributed by atoms with Gasteiger partial charge in [-0.2, -0.15) is 0 Å². The number of hydrogen-bond acceptors (Lipinski definition) is 4. The topological polar surface area (TPSA) is 122 Å². The summed E-state index contributed by atoms with van der Waals surface area (Å²) in [6, 6.07) is 1.91. The molecule has 0 aliphatic rings. The molecule has 1 aromatic carbocycles. The third-order valence-electron chi connectivity index (χ3n) is 3.13. The fraction of sp³-hybridized carbons (Fsp3) is 0.250. The molecule has 1 aromatic heterocycles. The standard InChI is InChI=1S/C12H12ClN3O4/c1-5-6(4-8(14)12(17)18)10-9(15-5)3-2-7(13)11(10)16(19)20/h2-3,8,15H,4,14H2,1H3,(H,17,18). The number of nitrogens with zero attached hydrogens (tertiary/aromatic N) is 1. The maximum Gasteiger partial charge on any atom is 0.320 e. The van der Waals surface area contributed by atoms with Gasteiger partial charge in [0.25, 0.3) is 5.69 Å². The predicted molar refractivity (Wildman–Crippen MR) is 74.0 cm³/mol. The van der Waals surface area contributed by atoms with Crippen LogP contribution in [0.2, 0.25) is 5.02 Å². The van der Waals surface area contributed by atoms with Crippen LogP contribution in [-0.2, 0) is 11.2 Å². The van der Waals surface area contributed by atoms with Crippen molar-refractivity contribution in [1.82, 2.24) is 4.98 Å². The monoisotopic (exact) mass is 297 g/mol. The third-order valence-corrected chi connectivity index (χ3v) is 3.43. The molecule has 1 unspecified atom stereocenters. The molecular weight excluding hydrogens is 286 g/mol. The van der Waals surface area contributed by atoms with E-state index in [0.717, 1.165) is 0 Å². The third kappa shape index (κ3) is 2.33. The number of aliphatic carboxylic acids is 1. The van der Waals surface area contributed by atoms with E-state index < -0.39 is 16.9 Å². The van der Waals surface area contributed by atoms with Gasteiger partial charge in [0.05, 0.1) is 15.8 Å². The molecule has 0 saturated heterocycles. The maximum absolute atomic E-state index is 11.2. The number of carboxylic acids is 1. The van der Waals surface area contributed by atoms with Crippen LogP contribution in [0.4, 0.5) is 5.69 Å². The number of hydrogen-bond donors (Lipinski definition) is 3. The minimum absolute atomic E-state index is 0.00615. The summed E-state index contributed by atoms with van der Waals surface area (Å²) in [6.07, 6.45) is -0.0116. The highest BCUT2D eigenvalue weighted by Gasteiger charge is 2.25. The fourth-order valence-corrected chi connectivity index (χ4v) is 2.41. The number of aromatic amines is 1. The Morgan fingerprint density at radius 3 is 2.80 bits per heavy atom. The number of aryl methyl sites for hydroxylation is 1. The van der Waals surface area contributed by atoms with E-state index in [0.29, 0.717) is 22.2 Å². The first-order valence-corrected chi connectivity index (χ1v) is 6.13. The van der Waals surface area contributed by atoms with Gasteiger partial charge >= 0.3 is 5.97 Å². The van der Waals surface area contributed by atoms with Crippen LogP contribution in [0.5, 0.6) is 0 Å². The summed E-state index contributed by atoms with van der Waals surface area (Å²) in [5.74, 6) is -1.16. The van der Waals surface area contributed by atoms with Crippen LogP contribution >= 0.6 is 11.6 Å². The van der Waals surface area contributed by atoms with Crippen molar-refractivity contribution >= 4 is 34.2 Å². The number of halogens is 1. The molecule has 106 valence electrons. The van der Waals surface area contributed by atoms with E-state index >= 15 is 0 Å². The lowest BCUT2D eigenvalue weighted by Crippen LogP contribution is -2.32. The number of carboxylic acid groups (broad SMARTS) is 1. The van der Waals surface area contributed by atoms with Crippen LogP contribution in [0.25, 0.3) is 10.9 Å². The van der Waals surface area contributed by atoms with Crippen molar-refractivity contribution in [2.24, 2.45) is 5.73 Å². The van der Waals surface area contributed by atoms with Crippen molar-refractivity contribution in [3.63, 3.8) is 0 Å². The molecule has 0 spiro atoms. The molecule has 4 N–H and O–H groups in total. The Morgan fingerprint density at radius 1 is 1.60 bits per heavy atom. The largest absolute Gasteiger partial charge is 0.480 e. The van der Waals surface area contributed by atoms with Crippen molar-refractivity contribution in [1.29, 1.82) is 0 Å². The average molecular weight is 298 g/mol. The molecule has 1 heterocycles. The zero-order chi connectivity index (χ0) is 15.0. The second-order valence-electron chi connectivity index (χ2n) is 4.45. The highest BCUT2D eigenvalue weighted by molar-refractivity contribution is 6.34. The average Bonchev–Trinajstić information content (AvgIpc) is 2.65. The minimum Gasteiger partial charge on any atom is -0.480 e. The van der Waals surface area contributed by atoms with Crippen LogP contribution < -0.4 is 5.73 Å². The van der Waals surface area contributed by atoms with E-state index in [1.54, 1.807) is 13.0 Å². The molecule has 0 bridgehead atoms. The SMILES string of the molecule is Cc1[nH]c2ccc(Cl)c([N+](=O)[O-])c2c1CC(N)C(=O)O. The number of nitro benzene ring substituents is 1. The molecule has 2 aromatic rings. The Kier molecular flexibility index (Phi) is 3.65. The molecule has 0 aliphatic carbocycles. The summed E-state index contributed by atoms with van der Waals surface area (Å²) >= 11 is 5.88. The first-order chi connectivity index (χ1) is 9.32. The second-order valence-corrected chi connectivity index (χ2v) is 4.86.